The van der Waals surface area contributed by atoms with Crippen molar-refractivity contribution in [2.45, 2.75) is 22.9 Å². The van der Waals surface area contributed by atoms with Crippen molar-refractivity contribution in [1.82, 2.24) is 15.2 Å². The van der Waals surface area contributed by atoms with Crippen molar-refractivity contribution in [2.75, 3.05) is 11.1 Å². The third kappa shape index (κ3) is 3.37. The van der Waals surface area contributed by atoms with Gasteiger partial charge in [0.15, 0.2) is 9.47 Å². The number of carbonyl (C=O) groups is 1. The molecule has 3 aromatic rings. The lowest BCUT2D eigenvalue weighted by Gasteiger charge is -2.11. The summed E-state index contributed by atoms with van der Waals surface area (Å²) in [5.74, 6) is -0.0830. The Labute approximate surface area is 139 Å². The highest BCUT2D eigenvalue weighted by atomic mass is 32.2. The Kier molecular flexibility index (Phi) is 4.55. The number of nitrogen functional groups attached to an aromatic ring is 1. The number of thioether (sulfide) groups is 1. The Morgan fingerprint density at radius 1 is 1.36 bits per heavy atom. The Morgan fingerprint density at radius 2 is 2.18 bits per heavy atom. The molecule has 0 aliphatic heterocycles. The molecule has 0 bridgehead atoms. The van der Waals surface area contributed by atoms with E-state index in [4.69, 9.17) is 5.73 Å². The van der Waals surface area contributed by atoms with Crippen LogP contribution in [0.15, 0.2) is 28.6 Å². The minimum atomic E-state index is -0.251. The summed E-state index contributed by atoms with van der Waals surface area (Å²) in [5.41, 5.74) is 6.45. The van der Waals surface area contributed by atoms with Crippen molar-refractivity contribution in [3.8, 4) is 0 Å². The van der Waals surface area contributed by atoms with Crippen molar-refractivity contribution in [3.63, 3.8) is 0 Å². The topological polar surface area (TPSA) is 93.8 Å². The SMILES string of the molecule is CCC(Sc1nnc(N)s1)C(=O)Nc1nc2ccccc2s1. The highest BCUT2D eigenvalue weighted by Crippen LogP contribution is 2.31. The number of thiazole rings is 1. The molecule has 2 aromatic heterocycles. The van der Waals surface area contributed by atoms with Gasteiger partial charge in [-0.15, -0.1) is 10.2 Å². The summed E-state index contributed by atoms with van der Waals surface area (Å²) in [6.07, 6.45) is 0.681. The highest BCUT2D eigenvalue weighted by Gasteiger charge is 2.21. The normalized spacial score (nSPS) is 12.4. The molecule has 22 heavy (non-hydrogen) atoms. The Morgan fingerprint density at radius 3 is 2.86 bits per heavy atom. The van der Waals surface area contributed by atoms with Crippen molar-refractivity contribution in [2.24, 2.45) is 0 Å². The summed E-state index contributed by atoms with van der Waals surface area (Å²) < 4.78 is 1.75. The first-order valence-corrected chi connectivity index (χ1v) is 9.09. The number of nitrogens with zero attached hydrogens (tertiary/aromatic N) is 3. The van der Waals surface area contributed by atoms with Gasteiger partial charge in [0.25, 0.3) is 0 Å². The average molecular weight is 351 g/mol. The molecule has 2 heterocycles. The monoisotopic (exact) mass is 351 g/mol. The third-order valence-electron chi connectivity index (χ3n) is 2.85. The minimum Gasteiger partial charge on any atom is -0.374 e. The van der Waals surface area contributed by atoms with Crippen molar-refractivity contribution >= 4 is 60.8 Å². The van der Waals surface area contributed by atoms with Crippen LogP contribution >= 0.6 is 34.4 Å². The van der Waals surface area contributed by atoms with Crippen LogP contribution in [-0.4, -0.2) is 26.3 Å². The van der Waals surface area contributed by atoms with Crippen LogP contribution < -0.4 is 11.1 Å². The zero-order valence-corrected chi connectivity index (χ0v) is 14.1. The maximum absolute atomic E-state index is 12.4. The molecule has 9 heteroatoms. The first-order valence-electron chi connectivity index (χ1n) is 6.57. The van der Waals surface area contributed by atoms with E-state index < -0.39 is 0 Å². The summed E-state index contributed by atoms with van der Waals surface area (Å²) in [6.45, 7) is 1.96. The third-order valence-corrected chi connectivity index (χ3v) is 6.01. The molecule has 0 saturated carbocycles. The van der Waals surface area contributed by atoms with Gasteiger partial charge in [-0.05, 0) is 18.6 Å². The summed E-state index contributed by atoms with van der Waals surface area (Å²) in [7, 11) is 0. The van der Waals surface area contributed by atoms with E-state index in [1.807, 2.05) is 31.2 Å². The Bertz CT molecular complexity index is 767. The standard InChI is InChI=1S/C13H13N5OS3/c1-2-8(21-13-18-17-11(14)22-13)10(19)16-12-15-7-5-3-4-6-9(7)20-12/h3-6,8H,2H2,1H3,(H2,14,17)(H,15,16,19). The Balaban J connectivity index is 1.71. The fourth-order valence-corrected chi connectivity index (χ4v) is 4.50. The summed E-state index contributed by atoms with van der Waals surface area (Å²) >= 11 is 4.12. The lowest BCUT2D eigenvalue weighted by Crippen LogP contribution is -2.24. The summed E-state index contributed by atoms with van der Waals surface area (Å²) in [5, 5.41) is 11.4. The molecule has 0 spiro atoms. The second-order valence-electron chi connectivity index (χ2n) is 4.40. The van der Waals surface area contributed by atoms with Gasteiger partial charge >= 0.3 is 0 Å². The van der Waals surface area contributed by atoms with Gasteiger partial charge in [-0.1, -0.05) is 53.5 Å². The van der Waals surface area contributed by atoms with Crippen LogP contribution in [0.1, 0.15) is 13.3 Å². The zero-order valence-electron chi connectivity index (χ0n) is 11.6. The van der Waals surface area contributed by atoms with Gasteiger partial charge in [0.05, 0.1) is 15.5 Å². The highest BCUT2D eigenvalue weighted by molar-refractivity contribution is 8.02. The van der Waals surface area contributed by atoms with Crippen LogP contribution in [0, 0.1) is 0 Å². The van der Waals surface area contributed by atoms with E-state index >= 15 is 0 Å². The summed E-state index contributed by atoms with van der Waals surface area (Å²) in [4.78, 5) is 16.8. The summed E-state index contributed by atoms with van der Waals surface area (Å²) in [6, 6.07) is 7.80. The number of para-hydroxylation sites is 1. The molecule has 6 nitrogen and oxygen atoms in total. The predicted molar refractivity (Wildman–Crippen MR) is 92.5 cm³/mol. The van der Waals surface area contributed by atoms with Gasteiger partial charge in [0.1, 0.15) is 0 Å². The van der Waals surface area contributed by atoms with E-state index in [-0.39, 0.29) is 11.2 Å². The van der Waals surface area contributed by atoms with E-state index in [9.17, 15) is 4.79 Å². The smallest absolute Gasteiger partial charge is 0.239 e. The molecular formula is C13H13N5OS3. The molecule has 1 aromatic carbocycles. The quantitative estimate of drug-likeness (QED) is 0.685. The molecule has 3 N–H and O–H groups in total. The van der Waals surface area contributed by atoms with Crippen LogP contribution in [0.25, 0.3) is 10.2 Å². The lowest BCUT2D eigenvalue weighted by molar-refractivity contribution is -0.115. The maximum Gasteiger partial charge on any atom is 0.239 e. The number of benzene rings is 1. The molecule has 0 aliphatic rings. The van der Waals surface area contributed by atoms with Crippen molar-refractivity contribution in [3.05, 3.63) is 24.3 Å². The van der Waals surface area contributed by atoms with Gasteiger partial charge in [0, 0.05) is 0 Å². The first kappa shape index (κ1) is 15.2. The molecule has 114 valence electrons. The van der Waals surface area contributed by atoms with Gasteiger partial charge < -0.3 is 11.1 Å². The zero-order chi connectivity index (χ0) is 15.5. The van der Waals surface area contributed by atoms with Crippen molar-refractivity contribution in [1.29, 1.82) is 0 Å². The molecule has 1 unspecified atom stereocenters. The first-order chi connectivity index (χ1) is 10.7. The second kappa shape index (κ2) is 6.59. The number of anilines is 2. The lowest BCUT2D eigenvalue weighted by atomic mass is 10.3. The number of nitrogens with two attached hydrogens (primary N) is 1. The van der Waals surface area contributed by atoms with E-state index in [1.165, 1.54) is 34.4 Å². The Hall–Kier alpha value is -1.71. The average Bonchev–Trinajstić information content (AvgIpc) is 3.09. The van der Waals surface area contributed by atoms with Crippen LogP contribution in [0.2, 0.25) is 0 Å². The van der Waals surface area contributed by atoms with E-state index in [0.29, 0.717) is 21.0 Å². The van der Waals surface area contributed by atoms with Crippen LogP contribution in [0.5, 0.6) is 0 Å². The molecule has 1 amide bonds. The molecule has 1 atom stereocenters. The van der Waals surface area contributed by atoms with Gasteiger partial charge in [0.2, 0.25) is 11.0 Å². The predicted octanol–water partition coefficient (Wildman–Crippen LogP) is 3.24. The van der Waals surface area contributed by atoms with E-state index in [2.05, 4.69) is 20.5 Å². The molecule has 0 radical (unpaired) electrons. The number of nitrogens with one attached hydrogen (secondary N) is 1. The second-order valence-corrected chi connectivity index (χ2v) is 7.89. The van der Waals surface area contributed by atoms with Gasteiger partial charge in [-0.3, -0.25) is 4.79 Å². The molecule has 0 saturated heterocycles. The largest absolute Gasteiger partial charge is 0.374 e. The number of rotatable bonds is 5. The van der Waals surface area contributed by atoms with Crippen LogP contribution in [0.3, 0.4) is 0 Å². The van der Waals surface area contributed by atoms with E-state index in [1.54, 1.807) is 0 Å². The fraction of sp³-hybridized carbons (Fsp3) is 0.231. The number of hydrogen-bond acceptors (Lipinski definition) is 8. The van der Waals surface area contributed by atoms with Gasteiger partial charge in [-0.2, -0.15) is 0 Å². The van der Waals surface area contributed by atoms with E-state index in [0.717, 1.165) is 10.2 Å². The molecule has 0 fully saturated rings. The fourth-order valence-electron chi connectivity index (χ4n) is 1.82. The van der Waals surface area contributed by atoms with Crippen LogP contribution in [0.4, 0.5) is 10.3 Å². The number of aromatic nitrogens is 3. The molecule has 3 rings (SSSR count). The maximum atomic E-state index is 12.4. The van der Waals surface area contributed by atoms with Crippen LogP contribution in [-0.2, 0) is 4.79 Å². The van der Waals surface area contributed by atoms with Crippen molar-refractivity contribution < 1.29 is 4.79 Å². The number of amides is 1. The number of hydrogen-bond donors (Lipinski definition) is 2. The number of carbonyl (C=O) groups excluding carboxylic acids is 1. The number of fused-ring (bicyclic) bond motifs is 1. The minimum absolute atomic E-state index is 0.0830. The molecular weight excluding hydrogens is 338 g/mol. The molecule has 0 aliphatic carbocycles. The van der Waals surface area contributed by atoms with Gasteiger partial charge in [-0.25, -0.2) is 4.98 Å².